The number of nitrogens with zero attached hydrogens (tertiary/aromatic N) is 1. The molecule has 1 aliphatic heterocycles. The number of nitrogens with one attached hydrogen (secondary N) is 1. The summed E-state index contributed by atoms with van der Waals surface area (Å²) in [6.07, 6.45) is -4.30. The van der Waals surface area contributed by atoms with Crippen LogP contribution in [0.3, 0.4) is 0 Å². The second kappa shape index (κ2) is 9.39. The molecule has 6 heteroatoms. The van der Waals surface area contributed by atoms with Gasteiger partial charge in [0.1, 0.15) is 0 Å². The predicted molar refractivity (Wildman–Crippen MR) is 117 cm³/mol. The average molecular weight is 428 g/mol. The smallest absolute Gasteiger partial charge is 0.378 e. The van der Waals surface area contributed by atoms with E-state index in [1.807, 2.05) is 6.07 Å². The van der Waals surface area contributed by atoms with Gasteiger partial charge in [-0.1, -0.05) is 54.6 Å². The number of rotatable bonds is 6. The number of benzene rings is 3. The third kappa shape index (κ3) is 5.26. The Morgan fingerprint density at radius 3 is 2.55 bits per heavy atom. The number of alkyl halides is 3. The van der Waals surface area contributed by atoms with Crippen LogP contribution >= 0.6 is 0 Å². The van der Waals surface area contributed by atoms with Crippen LogP contribution in [0, 0.1) is 0 Å². The Kier molecular flexibility index (Phi) is 6.60. The number of halogens is 3. The van der Waals surface area contributed by atoms with E-state index in [0.29, 0.717) is 19.8 Å². The standard InChI is InChI=1S/C25H27F3N2O/c1-18(23-8-4-6-20-5-2-3-7-24(20)23)29-15-22-17-31-14-13-30(22)16-19-9-11-21(12-10-19)25(26,27)28/h2-12,18,22,29H,13-17H2,1H3/t18-,22?/m1/s1. The molecule has 1 fully saturated rings. The van der Waals surface area contributed by atoms with E-state index < -0.39 is 11.7 Å². The SMILES string of the molecule is C[C@@H](NCC1COCCN1Cc1ccc(C(F)(F)F)cc1)c1cccc2ccccc12. The molecule has 0 amide bonds. The van der Waals surface area contributed by atoms with Gasteiger partial charge in [0.05, 0.1) is 18.8 Å². The fourth-order valence-corrected chi connectivity index (χ4v) is 4.17. The monoisotopic (exact) mass is 428 g/mol. The first-order valence-electron chi connectivity index (χ1n) is 10.6. The van der Waals surface area contributed by atoms with Crippen molar-refractivity contribution in [2.75, 3.05) is 26.3 Å². The van der Waals surface area contributed by atoms with Crippen LogP contribution in [-0.4, -0.2) is 37.2 Å². The van der Waals surface area contributed by atoms with Gasteiger partial charge in [0.15, 0.2) is 0 Å². The van der Waals surface area contributed by atoms with Gasteiger partial charge in [-0.2, -0.15) is 13.2 Å². The van der Waals surface area contributed by atoms with Gasteiger partial charge in [-0.25, -0.2) is 0 Å². The number of hydrogen-bond acceptors (Lipinski definition) is 3. The molecule has 1 N–H and O–H groups in total. The first kappa shape index (κ1) is 21.8. The van der Waals surface area contributed by atoms with Crippen LogP contribution in [-0.2, 0) is 17.5 Å². The predicted octanol–water partition coefficient (Wildman–Crippen LogP) is 5.41. The fraction of sp³-hybridized carbons (Fsp3) is 0.360. The molecule has 1 saturated heterocycles. The molecule has 0 radical (unpaired) electrons. The van der Waals surface area contributed by atoms with E-state index in [1.165, 1.54) is 16.3 Å². The van der Waals surface area contributed by atoms with Gasteiger partial charge in [-0.15, -0.1) is 0 Å². The first-order valence-corrected chi connectivity index (χ1v) is 10.6. The second-order valence-electron chi connectivity index (χ2n) is 8.09. The van der Waals surface area contributed by atoms with Crippen molar-refractivity contribution in [3.05, 3.63) is 83.4 Å². The number of ether oxygens (including phenoxy) is 1. The van der Waals surface area contributed by atoms with Gasteiger partial charge >= 0.3 is 6.18 Å². The van der Waals surface area contributed by atoms with E-state index in [0.717, 1.165) is 30.8 Å². The molecule has 3 nitrogen and oxygen atoms in total. The molecule has 1 aliphatic rings. The van der Waals surface area contributed by atoms with Gasteiger partial charge < -0.3 is 10.1 Å². The molecular weight excluding hydrogens is 401 g/mol. The van der Waals surface area contributed by atoms with Gasteiger partial charge in [0.25, 0.3) is 0 Å². The molecule has 0 saturated carbocycles. The molecule has 4 rings (SSSR count). The third-order valence-corrected chi connectivity index (χ3v) is 5.97. The summed E-state index contributed by atoms with van der Waals surface area (Å²) in [5, 5.41) is 6.10. The van der Waals surface area contributed by atoms with Crippen LogP contribution in [0.15, 0.2) is 66.7 Å². The minimum absolute atomic E-state index is 0.161. The largest absolute Gasteiger partial charge is 0.416 e. The van der Waals surface area contributed by atoms with Crippen LogP contribution in [0.1, 0.15) is 29.7 Å². The molecule has 0 aliphatic carbocycles. The van der Waals surface area contributed by atoms with E-state index in [-0.39, 0.29) is 12.1 Å². The van der Waals surface area contributed by atoms with Gasteiger partial charge in [0.2, 0.25) is 0 Å². The highest BCUT2D eigenvalue weighted by Crippen LogP contribution is 2.29. The molecule has 0 bridgehead atoms. The molecule has 164 valence electrons. The zero-order valence-corrected chi connectivity index (χ0v) is 17.5. The quantitative estimate of drug-likeness (QED) is 0.568. The Hall–Kier alpha value is -2.41. The van der Waals surface area contributed by atoms with E-state index in [4.69, 9.17) is 4.74 Å². The van der Waals surface area contributed by atoms with Crippen molar-refractivity contribution >= 4 is 10.8 Å². The maximum Gasteiger partial charge on any atom is 0.416 e. The topological polar surface area (TPSA) is 24.5 Å². The Morgan fingerprint density at radius 2 is 1.77 bits per heavy atom. The van der Waals surface area contributed by atoms with E-state index >= 15 is 0 Å². The highest BCUT2D eigenvalue weighted by molar-refractivity contribution is 5.86. The molecule has 0 spiro atoms. The van der Waals surface area contributed by atoms with Crippen molar-refractivity contribution < 1.29 is 17.9 Å². The zero-order valence-electron chi connectivity index (χ0n) is 17.5. The Labute approximate surface area is 180 Å². The fourth-order valence-electron chi connectivity index (χ4n) is 4.17. The molecule has 1 heterocycles. The van der Waals surface area contributed by atoms with E-state index in [9.17, 15) is 13.2 Å². The second-order valence-corrected chi connectivity index (χ2v) is 8.09. The lowest BCUT2D eigenvalue weighted by Crippen LogP contribution is -2.50. The number of hydrogen-bond donors (Lipinski definition) is 1. The summed E-state index contributed by atoms with van der Waals surface area (Å²) in [6, 6.07) is 20.5. The van der Waals surface area contributed by atoms with Crippen LogP contribution in [0.5, 0.6) is 0 Å². The average Bonchev–Trinajstić information content (AvgIpc) is 2.77. The number of morpholine rings is 1. The summed E-state index contributed by atoms with van der Waals surface area (Å²) in [4.78, 5) is 2.29. The van der Waals surface area contributed by atoms with Crippen molar-refractivity contribution in [2.24, 2.45) is 0 Å². The summed E-state index contributed by atoms with van der Waals surface area (Å²) in [7, 11) is 0. The Bertz CT molecular complexity index is 998. The lowest BCUT2D eigenvalue weighted by atomic mass is 9.99. The van der Waals surface area contributed by atoms with Crippen LogP contribution in [0.2, 0.25) is 0 Å². The van der Waals surface area contributed by atoms with E-state index in [2.05, 4.69) is 53.5 Å². The first-order chi connectivity index (χ1) is 14.9. The van der Waals surface area contributed by atoms with Crippen LogP contribution in [0.25, 0.3) is 10.8 Å². The molecule has 2 atom stereocenters. The maximum atomic E-state index is 12.8. The minimum atomic E-state index is -4.30. The van der Waals surface area contributed by atoms with Crippen molar-refractivity contribution in [3.63, 3.8) is 0 Å². The van der Waals surface area contributed by atoms with Crippen LogP contribution in [0.4, 0.5) is 13.2 Å². The summed E-state index contributed by atoms with van der Waals surface area (Å²) in [5.74, 6) is 0. The van der Waals surface area contributed by atoms with Gasteiger partial charge in [-0.3, -0.25) is 4.90 Å². The molecule has 3 aromatic rings. The normalized spacial score (nSPS) is 18.9. The van der Waals surface area contributed by atoms with Gasteiger partial charge in [-0.05, 0) is 41.0 Å². The number of fused-ring (bicyclic) bond motifs is 1. The van der Waals surface area contributed by atoms with Crippen LogP contribution < -0.4 is 5.32 Å². The van der Waals surface area contributed by atoms with E-state index in [1.54, 1.807) is 12.1 Å². The maximum absolute atomic E-state index is 12.8. The summed E-state index contributed by atoms with van der Waals surface area (Å²) >= 11 is 0. The lowest BCUT2D eigenvalue weighted by molar-refractivity contribution is -0.137. The van der Waals surface area contributed by atoms with Crippen molar-refractivity contribution in [1.29, 1.82) is 0 Å². The highest BCUT2D eigenvalue weighted by Gasteiger charge is 2.30. The van der Waals surface area contributed by atoms with Crippen molar-refractivity contribution in [2.45, 2.75) is 31.7 Å². The molecule has 31 heavy (non-hydrogen) atoms. The molecule has 1 unspecified atom stereocenters. The molecule has 0 aromatic heterocycles. The third-order valence-electron chi connectivity index (χ3n) is 5.97. The minimum Gasteiger partial charge on any atom is -0.378 e. The van der Waals surface area contributed by atoms with Gasteiger partial charge in [0, 0.05) is 31.7 Å². The summed E-state index contributed by atoms with van der Waals surface area (Å²) in [6.45, 7) is 5.51. The van der Waals surface area contributed by atoms with Crippen molar-refractivity contribution in [3.8, 4) is 0 Å². The lowest BCUT2D eigenvalue weighted by Gasteiger charge is -2.36. The Morgan fingerprint density at radius 1 is 1.03 bits per heavy atom. The summed E-state index contributed by atoms with van der Waals surface area (Å²) < 4.78 is 44.1. The van der Waals surface area contributed by atoms with Crippen molar-refractivity contribution in [1.82, 2.24) is 10.2 Å². The highest BCUT2D eigenvalue weighted by atomic mass is 19.4. The Balaban J connectivity index is 1.41. The zero-order chi connectivity index (χ0) is 21.8. The summed E-state index contributed by atoms with van der Waals surface area (Å²) in [5.41, 5.74) is 1.52. The molecule has 3 aromatic carbocycles. The molecular formula is C25H27F3N2O.